The zero-order valence-electron chi connectivity index (χ0n) is 13.3. The van der Waals surface area contributed by atoms with Crippen molar-refractivity contribution in [1.29, 1.82) is 0 Å². The van der Waals surface area contributed by atoms with Crippen molar-refractivity contribution in [2.24, 2.45) is 10.8 Å². The molecule has 0 bridgehead atoms. The molecule has 2 heterocycles. The molecule has 21 heavy (non-hydrogen) atoms. The van der Waals surface area contributed by atoms with Gasteiger partial charge in [-0.25, -0.2) is 0 Å². The Morgan fingerprint density at radius 2 is 1.24 bits per heavy atom. The van der Waals surface area contributed by atoms with Gasteiger partial charge in [-0.2, -0.15) is 0 Å². The molecule has 0 radical (unpaired) electrons. The Kier molecular flexibility index (Phi) is 6.03. The average molecular weight is 302 g/mol. The van der Waals surface area contributed by atoms with Gasteiger partial charge < -0.3 is 24.4 Å². The first-order valence-corrected chi connectivity index (χ1v) is 8.19. The fourth-order valence-corrected chi connectivity index (χ4v) is 3.43. The number of rotatable bonds is 10. The van der Waals surface area contributed by atoms with Crippen molar-refractivity contribution >= 4 is 0 Å². The van der Waals surface area contributed by atoms with Gasteiger partial charge in [-0.3, -0.25) is 0 Å². The van der Waals surface area contributed by atoms with Crippen molar-refractivity contribution in [2.45, 2.75) is 51.7 Å². The second kappa shape index (κ2) is 7.38. The molecule has 0 aromatic heterocycles. The first-order valence-electron chi connectivity index (χ1n) is 8.19. The van der Waals surface area contributed by atoms with E-state index in [-0.39, 0.29) is 36.3 Å². The quantitative estimate of drug-likeness (QED) is 0.638. The Morgan fingerprint density at radius 1 is 0.857 bits per heavy atom. The van der Waals surface area contributed by atoms with Crippen molar-refractivity contribution < 1.29 is 24.4 Å². The van der Waals surface area contributed by atoms with Crippen molar-refractivity contribution in [1.82, 2.24) is 0 Å². The van der Waals surface area contributed by atoms with Crippen LogP contribution in [0.25, 0.3) is 0 Å². The van der Waals surface area contributed by atoms with Gasteiger partial charge in [-0.15, -0.1) is 0 Å². The molecule has 2 saturated heterocycles. The Hall–Kier alpha value is -0.200. The second-order valence-corrected chi connectivity index (χ2v) is 6.56. The summed E-state index contributed by atoms with van der Waals surface area (Å²) in [5.74, 6) is 0. The first-order chi connectivity index (χ1) is 10.2. The molecule has 2 aliphatic rings. The highest BCUT2D eigenvalue weighted by atomic mass is 16.5. The first kappa shape index (κ1) is 17.2. The maximum Gasteiger partial charge on any atom is 0.0701 e. The third-order valence-corrected chi connectivity index (χ3v) is 5.44. The molecule has 2 N–H and O–H groups in total. The van der Waals surface area contributed by atoms with Gasteiger partial charge in [0.25, 0.3) is 0 Å². The van der Waals surface area contributed by atoms with Crippen molar-refractivity contribution in [2.75, 3.05) is 39.6 Å². The normalized spacial score (nSPS) is 25.7. The van der Waals surface area contributed by atoms with E-state index in [1.807, 2.05) is 0 Å². The summed E-state index contributed by atoms with van der Waals surface area (Å²) in [4.78, 5) is 0. The van der Waals surface area contributed by atoms with Crippen LogP contribution in [0.2, 0.25) is 0 Å². The SMILES string of the molecule is CCC1(C(CCO)OC(CCO)C2(CC)COC2)COC1. The zero-order chi connectivity index (χ0) is 15.3. The minimum Gasteiger partial charge on any atom is -0.396 e. The van der Waals surface area contributed by atoms with E-state index in [1.54, 1.807) is 0 Å². The average Bonchev–Trinajstić information content (AvgIpc) is 2.38. The monoisotopic (exact) mass is 302 g/mol. The molecule has 0 amide bonds. The molecular weight excluding hydrogens is 272 g/mol. The Bertz CT molecular complexity index is 271. The lowest BCUT2D eigenvalue weighted by atomic mass is 9.74. The summed E-state index contributed by atoms with van der Waals surface area (Å²) >= 11 is 0. The molecule has 0 aromatic carbocycles. The van der Waals surface area contributed by atoms with E-state index >= 15 is 0 Å². The van der Waals surface area contributed by atoms with E-state index in [9.17, 15) is 10.2 Å². The Balaban J connectivity index is 2.08. The van der Waals surface area contributed by atoms with Crippen LogP contribution >= 0.6 is 0 Å². The largest absolute Gasteiger partial charge is 0.396 e. The van der Waals surface area contributed by atoms with Crippen LogP contribution in [0.4, 0.5) is 0 Å². The molecule has 2 rings (SSSR count). The van der Waals surface area contributed by atoms with Crippen LogP contribution in [0, 0.1) is 10.8 Å². The highest BCUT2D eigenvalue weighted by Crippen LogP contribution is 2.44. The summed E-state index contributed by atoms with van der Waals surface area (Å²) in [6.45, 7) is 7.36. The van der Waals surface area contributed by atoms with Crippen LogP contribution in [0.3, 0.4) is 0 Å². The van der Waals surface area contributed by atoms with Crippen molar-refractivity contribution in [3.8, 4) is 0 Å². The smallest absolute Gasteiger partial charge is 0.0701 e. The lowest BCUT2D eigenvalue weighted by Gasteiger charge is -2.52. The van der Waals surface area contributed by atoms with E-state index in [2.05, 4.69) is 13.8 Å². The summed E-state index contributed by atoms with van der Waals surface area (Å²) in [6, 6.07) is 0. The highest BCUT2D eigenvalue weighted by molar-refractivity contribution is 4.96. The molecule has 0 saturated carbocycles. The second-order valence-electron chi connectivity index (χ2n) is 6.56. The summed E-state index contributed by atoms with van der Waals surface area (Å²) in [6.07, 6.45) is 3.20. The van der Waals surface area contributed by atoms with Crippen LogP contribution in [-0.4, -0.2) is 62.1 Å². The number of aliphatic hydroxyl groups is 2. The predicted octanol–water partition coefficient (Wildman–Crippen LogP) is 1.36. The molecule has 124 valence electrons. The summed E-state index contributed by atoms with van der Waals surface area (Å²) < 4.78 is 17.3. The van der Waals surface area contributed by atoms with E-state index in [0.29, 0.717) is 39.3 Å². The van der Waals surface area contributed by atoms with Gasteiger partial charge in [0, 0.05) is 24.0 Å². The zero-order valence-corrected chi connectivity index (χ0v) is 13.3. The highest BCUT2D eigenvalue weighted by Gasteiger charge is 2.50. The van der Waals surface area contributed by atoms with Gasteiger partial charge in [0.2, 0.25) is 0 Å². The fraction of sp³-hybridized carbons (Fsp3) is 1.00. The van der Waals surface area contributed by atoms with Gasteiger partial charge in [0.05, 0.1) is 38.6 Å². The van der Waals surface area contributed by atoms with Crippen molar-refractivity contribution in [3.05, 3.63) is 0 Å². The molecular formula is C16H30O5. The molecule has 2 atom stereocenters. The molecule has 0 aromatic rings. The fourth-order valence-electron chi connectivity index (χ4n) is 3.43. The molecule has 0 aliphatic carbocycles. The molecule has 2 aliphatic heterocycles. The molecule has 2 unspecified atom stereocenters. The van der Waals surface area contributed by atoms with E-state index in [0.717, 1.165) is 12.8 Å². The van der Waals surface area contributed by atoms with Gasteiger partial charge in [-0.05, 0) is 25.7 Å². The topological polar surface area (TPSA) is 68.2 Å². The van der Waals surface area contributed by atoms with Gasteiger partial charge in [0.15, 0.2) is 0 Å². The third kappa shape index (κ3) is 3.27. The molecule has 2 fully saturated rings. The minimum atomic E-state index is -0.0122. The number of hydrogen-bond donors (Lipinski definition) is 2. The van der Waals surface area contributed by atoms with Gasteiger partial charge in [0.1, 0.15) is 0 Å². The summed E-state index contributed by atoms with van der Waals surface area (Å²) in [5, 5.41) is 18.8. The maximum atomic E-state index is 9.39. The summed E-state index contributed by atoms with van der Waals surface area (Å²) in [5.41, 5.74) is 0.0476. The maximum absolute atomic E-state index is 9.39. The van der Waals surface area contributed by atoms with Gasteiger partial charge in [-0.1, -0.05) is 13.8 Å². The predicted molar refractivity (Wildman–Crippen MR) is 79.2 cm³/mol. The number of hydrogen-bond acceptors (Lipinski definition) is 5. The molecule has 5 nitrogen and oxygen atoms in total. The molecule has 0 spiro atoms. The van der Waals surface area contributed by atoms with Crippen LogP contribution in [-0.2, 0) is 14.2 Å². The van der Waals surface area contributed by atoms with E-state index < -0.39 is 0 Å². The third-order valence-electron chi connectivity index (χ3n) is 5.44. The summed E-state index contributed by atoms with van der Waals surface area (Å²) in [7, 11) is 0. The van der Waals surface area contributed by atoms with Crippen LogP contribution < -0.4 is 0 Å². The standard InChI is InChI=1S/C16H30O5/c1-3-15(9-19-10-15)13(5-7-17)21-14(6-8-18)16(4-2)11-20-12-16/h13-14,17-18H,3-12H2,1-2H3. The Labute approximate surface area is 127 Å². The van der Waals surface area contributed by atoms with E-state index in [1.165, 1.54) is 0 Å². The lowest BCUT2D eigenvalue weighted by molar-refractivity contribution is -0.253. The van der Waals surface area contributed by atoms with Crippen LogP contribution in [0.5, 0.6) is 0 Å². The lowest BCUT2D eigenvalue weighted by Crippen LogP contribution is -2.58. The Morgan fingerprint density at radius 3 is 1.43 bits per heavy atom. The van der Waals surface area contributed by atoms with Gasteiger partial charge >= 0.3 is 0 Å². The minimum absolute atomic E-state index is 0.0122. The van der Waals surface area contributed by atoms with Crippen LogP contribution in [0.1, 0.15) is 39.5 Å². The van der Waals surface area contributed by atoms with E-state index in [4.69, 9.17) is 14.2 Å². The van der Waals surface area contributed by atoms with Crippen LogP contribution in [0.15, 0.2) is 0 Å². The molecule has 5 heteroatoms. The number of ether oxygens (including phenoxy) is 3. The number of aliphatic hydroxyl groups excluding tert-OH is 2. The van der Waals surface area contributed by atoms with Crippen molar-refractivity contribution in [3.63, 3.8) is 0 Å².